The maximum absolute atomic E-state index is 12.2. The Bertz CT molecular complexity index is 810. The average molecular weight is 538 g/mol. The molecular formula is C19H31IN4O4S. The quantitative estimate of drug-likeness (QED) is 0.247. The largest absolute Gasteiger partial charge is 0.497 e. The van der Waals surface area contributed by atoms with Crippen LogP contribution >= 0.6 is 24.0 Å². The molecule has 0 saturated carbocycles. The number of hydrogen-bond donors (Lipinski definition) is 2. The fraction of sp³-hybridized carbons (Fsp3) is 0.579. The predicted octanol–water partition coefficient (Wildman–Crippen LogP) is 1.52. The molecular weight excluding hydrogens is 507 g/mol. The first-order valence-electron chi connectivity index (χ1n) is 9.38. The number of aliphatic imine (C=N–C) groups is 1. The summed E-state index contributed by atoms with van der Waals surface area (Å²) in [6.45, 7) is 7.71. The number of carbonyl (C=O) groups excluding carboxylic acids is 1. The standard InChI is InChI=1S/C19H30N4O4S.HI/c1-5-20-18(23-12-13-28(25,26)19(2,3)14-23)22-11-10-21-17(24)15-6-8-16(27-4)9-7-15;/h6-9H,5,10-14H2,1-4H3,(H,20,22)(H,21,24);1H. The van der Waals surface area contributed by atoms with Gasteiger partial charge in [-0.15, -0.1) is 24.0 Å². The van der Waals surface area contributed by atoms with Crippen molar-refractivity contribution >= 4 is 45.7 Å². The third-order valence-electron chi connectivity index (χ3n) is 4.69. The Labute approximate surface area is 190 Å². The molecule has 0 radical (unpaired) electrons. The smallest absolute Gasteiger partial charge is 0.251 e. The number of sulfone groups is 1. The van der Waals surface area contributed by atoms with Gasteiger partial charge in [-0.3, -0.25) is 9.79 Å². The number of rotatable bonds is 6. The summed E-state index contributed by atoms with van der Waals surface area (Å²) in [6.07, 6.45) is 0. The van der Waals surface area contributed by atoms with Gasteiger partial charge >= 0.3 is 0 Å². The third-order valence-corrected chi connectivity index (χ3v) is 7.22. The molecule has 0 unspecified atom stereocenters. The number of halogens is 1. The van der Waals surface area contributed by atoms with Crippen LogP contribution in [0.4, 0.5) is 0 Å². The second-order valence-corrected chi connectivity index (χ2v) is 9.96. The van der Waals surface area contributed by atoms with Crippen LogP contribution in [0.5, 0.6) is 5.75 Å². The van der Waals surface area contributed by atoms with E-state index < -0.39 is 14.6 Å². The van der Waals surface area contributed by atoms with Crippen LogP contribution in [0.3, 0.4) is 0 Å². The molecule has 1 aliphatic rings. The van der Waals surface area contributed by atoms with Crippen LogP contribution in [0.15, 0.2) is 29.3 Å². The predicted molar refractivity (Wildman–Crippen MR) is 126 cm³/mol. The molecule has 1 aromatic rings. The molecule has 0 aliphatic carbocycles. The summed E-state index contributed by atoms with van der Waals surface area (Å²) < 4.78 is 28.7. The fourth-order valence-corrected chi connectivity index (χ4v) is 4.29. The minimum atomic E-state index is -3.10. The van der Waals surface area contributed by atoms with Gasteiger partial charge in [0.2, 0.25) is 0 Å². The van der Waals surface area contributed by atoms with Crippen molar-refractivity contribution in [3.8, 4) is 5.75 Å². The lowest BCUT2D eigenvalue weighted by Crippen LogP contribution is -2.57. The molecule has 0 spiro atoms. The minimum absolute atomic E-state index is 0. The average Bonchev–Trinajstić information content (AvgIpc) is 2.66. The number of methoxy groups -OCH3 is 1. The Balaban J connectivity index is 0.00000420. The van der Waals surface area contributed by atoms with E-state index in [0.717, 1.165) is 0 Å². The Hall–Kier alpha value is -1.56. The summed E-state index contributed by atoms with van der Waals surface area (Å²) in [5.41, 5.74) is 0.555. The number of hydrogen-bond acceptors (Lipinski definition) is 5. The van der Waals surface area contributed by atoms with Gasteiger partial charge in [0.15, 0.2) is 15.8 Å². The highest BCUT2D eigenvalue weighted by molar-refractivity contribution is 14.0. The van der Waals surface area contributed by atoms with Crippen LogP contribution in [-0.4, -0.2) is 75.5 Å². The first kappa shape index (κ1) is 25.5. The van der Waals surface area contributed by atoms with E-state index in [0.29, 0.717) is 50.0 Å². The Morgan fingerprint density at radius 3 is 2.45 bits per heavy atom. The van der Waals surface area contributed by atoms with E-state index in [2.05, 4.69) is 15.6 Å². The normalized spacial score (nSPS) is 17.8. The zero-order valence-corrected chi connectivity index (χ0v) is 20.5. The van der Waals surface area contributed by atoms with Crippen LogP contribution in [0.1, 0.15) is 31.1 Å². The monoisotopic (exact) mass is 538 g/mol. The van der Waals surface area contributed by atoms with Crippen LogP contribution < -0.4 is 15.4 Å². The zero-order chi connectivity index (χ0) is 20.8. The third kappa shape index (κ3) is 6.73. The van der Waals surface area contributed by atoms with Gasteiger partial charge in [-0.1, -0.05) is 0 Å². The molecule has 0 aromatic heterocycles. The van der Waals surface area contributed by atoms with E-state index in [-0.39, 0.29) is 35.6 Å². The van der Waals surface area contributed by atoms with E-state index in [4.69, 9.17) is 4.74 Å². The van der Waals surface area contributed by atoms with E-state index >= 15 is 0 Å². The summed E-state index contributed by atoms with van der Waals surface area (Å²) in [6, 6.07) is 6.89. The number of guanidine groups is 1. The molecule has 1 amide bonds. The highest BCUT2D eigenvalue weighted by atomic mass is 127. The van der Waals surface area contributed by atoms with Crippen LogP contribution in [-0.2, 0) is 9.84 Å². The molecule has 1 aromatic carbocycles. The van der Waals surface area contributed by atoms with Crippen LogP contribution in [0, 0.1) is 0 Å². The van der Waals surface area contributed by atoms with Crippen molar-refractivity contribution in [3.63, 3.8) is 0 Å². The lowest BCUT2D eigenvalue weighted by atomic mass is 10.2. The highest BCUT2D eigenvalue weighted by Gasteiger charge is 2.40. The van der Waals surface area contributed by atoms with Crippen molar-refractivity contribution in [2.75, 3.05) is 45.6 Å². The maximum atomic E-state index is 12.2. The topological polar surface area (TPSA) is 100 Å². The number of nitrogens with one attached hydrogen (secondary N) is 2. The molecule has 0 bridgehead atoms. The lowest BCUT2D eigenvalue weighted by Gasteiger charge is -2.39. The van der Waals surface area contributed by atoms with E-state index in [9.17, 15) is 13.2 Å². The van der Waals surface area contributed by atoms with Crippen LogP contribution in [0.25, 0.3) is 0 Å². The van der Waals surface area contributed by atoms with Gasteiger partial charge in [-0.2, -0.15) is 0 Å². The first-order valence-corrected chi connectivity index (χ1v) is 11.0. The highest BCUT2D eigenvalue weighted by Crippen LogP contribution is 2.23. The van der Waals surface area contributed by atoms with E-state index in [1.54, 1.807) is 45.2 Å². The summed E-state index contributed by atoms with van der Waals surface area (Å²) >= 11 is 0. The van der Waals surface area contributed by atoms with Crippen molar-refractivity contribution < 1.29 is 17.9 Å². The zero-order valence-electron chi connectivity index (χ0n) is 17.4. The van der Waals surface area contributed by atoms with Gasteiger partial charge in [0, 0.05) is 31.7 Å². The summed E-state index contributed by atoms with van der Waals surface area (Å²) in [7, 11) is -1.53. The fourth-order valence-electron chi connectivity index (χ4n) is 2.93. The van der Waals surface area contributed by atoms with Crippen molar-refractivity contribution in [2.45, 2.75) is 25.5 Å². The van der Waals surface area contributed by atoms with Gasteiger partial charge in [-0.05, 0) is 45.0 Å². The molecule has 0 atom stereocenters. The molecule has 2 N–H and O–H groups in total. The molecule has 1 fully saturated rings. The molecule has 8 nitrogen and oxygen atoms in total. The second kappa shape index (κ2) is 11.0. The first-order chi connectivity index (χ1) is 13.2. The molecule has 1 aliphatic heterocycles. The Morgan fingerprint density at radius 1 is 1.24 bits per heavy atom. The lowest BCUT2D eigenvalue weighted by molar-refractivity contribution is 0.0954. The van der Waals surface area contributed by atoms with Gasteiger partial charge in [0.25, 0.3) is 5.91 Å². The van der Waals surface area contributed by atoms with E-state index in [1.165, 1.54) is 0 Å². The molecule has 10 heteroatoms. The number of nitrogens with zero attached hydrogens (tertiary/aromatic N) is 2. The molecule has 164 valence electrons. The molecule has 29 heavy (non-hydrogen) atoms. The Morgan fingerprint density at radius 2 is 1.90 bits per heavy atom. The molecule has 1 heterocycles. The number of ether oxygens (including phenoxy) is 1. The minimum Gasteiger partial charge on any atom is -0.497 e. The van der Waals surface area contributed by atoms with Gasteiger partial charge < -0.3 is 20.3 Å². The summed E-state index contributed by atoms with van der Waals surface area (Å²) in [5, 5.41) is 6.04. The van der Waals surface area contributed by atoms with Crippen molar-refractivity contribution in [3.05, 3.63) is 29.8 Å². The number of carbonyl (C=O) groups is 1. The molecule has 2 rings (SSSR count). The summed E-state index contributed by atoms with van der Waals surface area (Å²) in [5.74, 6) is 1.30. The van der Waals surface area contributed by atoms with Crippen molar-refractivity contribution in [1.82, 2.24) is 15.5 Å². The van der Waals surface area contributed by atoms with Gasteiger partial charge in [0.05, 0.1) is 24.2 Å². The van der Waals surface area contributed by atoms with E-state index in [1.807, 2.05) is 11.8 Å². The summed E-state index contributed by atoms with van der Waals surface area (Å²) in [4.78, 5) is 18.7. The molecule has 1 saturated heterocycles. The number of benzene rings is 1. The van der Waals surface area contributed by atoms with Crippen molar-refractivity contribution in [2.24, 2.45) is 4.99 Å². The number of amides is 1. The maximum Gasteiger partial charge on any atom is 0.251 e. The van der Waals surface area contributed by atoms with Gasteiger partial charge in [-0.25, -0.2) is 8.42 Å². The Kier molecular flexibility index (Phi) is 9.66. The van der Waals surface area contributed by atoms with Crippen LogP contribution in [0.2, 0.25) is 0 Å². The van der Waals surface area contributed by atoms with Crippen molar-refractivity contribution in [1.29, 1.82) is 0 Å². The second-order valence-electron chi connectivity index (χ2n) is 7.22. The SMILES string of the molecule is CCNC(=NCCNC(=O)c1ccc(OC)cc1)N1CCS(=O)(=O)C(C)(C)C1.I. The van der Waals surface area contributed by atoms with Gasteiger partial charge in [0.1, 0.15) is 5.75 Å².